The fraction of sp³-hybridized carbons (Fsp3) is 0.375. The normalized spacial score (nSPS) is 11.4. The molecule has 21 heavy (non-hydrogen) atoms. The summed E-state index contributed by atoms with van der Waals surface area (Å²) in [6, 6.07) is 9.64. The van der Waals surface area contributed by atoms with Crippen LogP contribution in [0.2, 0.25) is 0 Å². The lowest BCUT2D eigenvalue weighted by Gasteiger charge is -2.25. The van der Waals surface area contributed by atoms with Crippen molar-refractivity contribution in [3.63, 3.8) is 0 Å². The molecule has 1 amide bonds. The van der Waals surface area contributed by atoms with E-state index in [2.05, 4.69) is 10.4 Å². The SMILES string of the molecule is CCC(N)(CC)C(=O)Nc1ccc(Cn2cccn2)cc1. The van der Waals surface area contributed by atoms with Gasteiger partial charge in [-0.1, -0.05) is 26.0 Å². The van der Waals surface area contributed by atoms with Gasteiger partial charge < -0.3 is 11.1 Å². The molecule has 0 radical (unpaired) electrons. The number of nitrogens with one attached hydrogen (secondary N) is 1. The third-order valence-corrected chi connectivity index (χ3v) is 3.83. The summed E-state index contributed by atoms with van der Waals surface area (Å²) >= 11 is 0. The molecule has 0 saturated heterocycles. The summed E-state index contributed by atoms with van der Waals surface area (Å²) in [6.45, 7) is 4.57. The van der Waals surface area contributed by atoms with Gasteiger partial charge in [0.05, 0.1) is 12.1 Å². The fourth-order valence-corrected chi connectivity index (χ4v) is 2.10. The van der Waals surface area contributed by atoms with Gasteiger partial charge in [0.15, 0.2) is 0 Å². The van der Waals surface area contributed by atoms with Crippen molar-refractivity contribution in [3.05, 3.63) is 48.3 Å². The number of hydrogen-bond acceptors (Lipinski definition) is 3. The fourth-order valence-electron chi connectivity index (χ4n) is 2.10. The smallest absolute Gasteiger partial charge is 0.244 e. The summed E-state index contributed by atoms with van der Waals surface area (Å²) in [5, 5.41) is 7.05. The first-order valence-electron chi connectivity index (χ1n) is 7.24. The molecule has 0 aliphatic carbocycles. The van der Waals surface area contributed by atoms with Gasteiger partial charge >= 0.3 is 0 Å². The first-order valence-corrected chi connectivity index (χ1v) is 7.24. The Morgan fingerprint density at radius 1 is 1.29 bits per heavy atom. The number of carbonyl (C=O) groups is 1. The molecular weight excluding hydrogens is 264 g/mol. The van der Waals surface area contributed by atoms with Crippen LogP contribution in [0.25, 0.3) is 0 Å². The minimum Gasteiger partial charge on any atom is -0.324 e. The zero-order chi connectivity index (χ0) is 15.3. The van der Waals surface area contributed by atoms with Crippen LogP contribution in [-0.2, 0) is 11.3 Å². The molecule has 1 aromatic heterocycles. The number of hydrogen-bond donors (Lipinski definition) is 2. The molecule has 0 spiro atoms. The Morgan fingerprint density at radius 3 is 2.48 bits per heavy atom. The minimum atomic E-state index is -0.798. The second-order valence-corrected chi connectivity index (χ2v) is 5.22. The molecule has 0 aliphatic heterocycles. The van der Waals surface area contributed by atoms with Gasteiger partial charge in [-0.25, -0.2) is 0 Å². The molecule has 112 valence electrons. The topological polar surface area (TPSA) is 72.9 Å². The summed E-state index contributed by atoms with van der Waals surface area (Å²) in [5.41, 5.74) is 7.18. The molecule has 3 N–H and O–H groups in total. The Labute approximate surface area is 125 Å². The van der Waals surface area contributed by atoms with Crippen molar-refractivity contribution in [2.45, 2.75) is 38.8 Å². The number of rotatable bonds is 6. The van der Waals surface area contributed by atoms with Crippen molar-refractivity contribution in [2.75, 3.05) is 5.32 Å². The maximum Gasteiger partial charge on any atom is 0.244 e. The summed E-state index contributed by atoms with van der Waals surface area (Å²) in [5.74, 6) is -0.132. The highest BCUT2D eigenvalue weighted by Crippen LogP contribution is 2.16. The van der Waals surface area contributed by atoms with E-state index in [-0.39, 0.29) is 5.91 Å². The van der Waals surface area contributed by atoms with Gasteiger partial charge in [-0.05, 0) is 36.6 Å². The highest BCUT2D eigenvalue weighted by Gasteiger charge is 2.29. The van der Waals surface area contributed by atoms with E-state index in [0.717, 1.165) is 11.3 Å². The largest absolute Gasteiger partial charge is 0.324 e. The van der Waals surface area contributed by atoms with Crippen LogP contribution in [0, 0.1) is 0 Å². The lowest BCUT2D eigenvalue weighted by atomic mass is 9.93. The van der Waals surface area contributed by atoms with E-state index in [4.69, 9.17) is 5.73 Å². The Morgan fingerprint density at radius 2 is 1.95 bits per heavy atom. The van der Waals surface area contributed by atoms with Gasteiger partial charge in [0.1, 0.15) is 0 Å². The average Bonchev–Trinajstić information content (AvgIpc) is 3.01. The third kappa shape index (κ3) is 3.70. The van der Waals surface area contributed by atoms with Gasteiger partial charge in [0.2, 0.25) is 5.91 Å². The van der Waals surface area contributed by atoms with E-state index in [0.29, 0.717) is 19.4 Å². The summed E-state index contributed by atoms with van der Waals surface area (Å²) < 4.78 is 1.85. The maximum atomic E-state index is 12.2. The van der Waals surface area contributed by atoms with E-state index >= 15 is 0 Å². The van der Waals surface area contributed by atoms with Crippen molar-refractivity contribution in [1.29, 1.82) is 0 Å². The van der Waals surface area contributed by atoms with E-state index in [1.807, 2.05) is 55.1 Å². The van der Waals surface area contributed by atoms with Gasteiger partial charge in [0, 0.05) is 18.1 Å². The monoisotopic (exact) mass is 286 g/mol. The van der Waals surface area contributed by atoms with Gasteiger partial charge in [-0.2, -0.15) is 5.10 Å². The van der Waals surface area contributed by atoms with Gasteiger partial charge in [-0.3, -0.25) is 9.48 Å². The molecular formula is C16H22N4O. The molecule has 1 aromatic carbocycles. The van der Waals surface area contributed by atoms with E-state index in [9.17, 15) is 4.79 Å². The molecule has 0 bridgehead atoms. The van der Waals surface area contributed by atoms with Gasteiger partial charge in [-0.15, -0.1) is 0 Å². The molecule has 0 fully saturated rings. The number of aromatic nitrogens is 2. The number of nitrogens with two attached hydrogens (primary N) is 1. The number of amides is 1. The van der Waals surface area contributed by atoms with Crippen LogP contribution in [0.4, 0.5) is 5.69 Å². The Hall–Kier alpha value is -2.14. The van der Waals surface area contributed by atoms with Gasteiger partial charge in [0.25, 0.3) is 0 Å². The first kappa shape index (κ1) is 15.3. The van der Waals surface area contributed by atoms with Crippen molar-refractivity contribution >= 4 is 11.6 Å². The summed E-state index contributed by atoms with van der Waals surface area (Å²) in [7, 11) is 0. The zero-order valence-corrected chi connectivity index (χ0v) is 12.5. The molecule has 5 nitrogen and oxygen atoms in total. The van der Waals surface area contributed by atoms with Crippen LogP contribution < -0.4 is 11.1 Å². The quantitative estimate of drug-likeness (QED) is 0.856. The third-order valence-electron chi connectivity index (χ3n) is 3.83. The Balaban J connectivity index is 2.01. The van der Waals surface area contributed by atoms with Crippen molar-refractivity contribution in [1.82, 2.24) is 9.78 Å². The summed E-state index contributed by atoms with van der Waals surface area (Å²) in [6.07, 6.45) is 4.91. The van der Waals surface area contributed by atoms with E-state index in [1.54, 1.807) is 6.20 Å². The predicted octanol–water partition coefficient (Wildman–Crippen LogP) is 2.39. The number of anilines is 1. The van der Waals surface area contributed by atoms with Crippen LogP contribution in [0.5, 0.6) is 0 Å². The molecule has 2 rings (SSSR count). The molecule has 0 aliphatic rings. The molecule has 1 heterocycles. The number of nitrogens with zero attached hydrogens (tertiary/aromatic N) is 2. The van der Waals surface area contributed by atoms with Crippen LogP contribution in [0.15, 0.2) is 42.7 Å². The van der Waals surface area contributed by atoms with E-state index in [1.165, 1.54) is 0 Å². The predicted molar refractivity (Wildman–Crippen MR) is 83.9 cm³/mol. The lowest BCUT2D eigenvalue weighted by molar-refractivity contribution is -0.121. The minimum absolute atomic E-state index is 0.132. The highest BCUT2D eigenvalue weighted by atomic mass is 16.2. The molecule has 0 atom stereocenters. The standard InChI is InChI=1S/C16H22N4O/c1-3-16(17,4-2)15(21)19-14-8-6-13(7-9-14)12-20-11-5-10-18-20/h5-11H,3-4,12,17H2,1-2H3,(H,19,21). The Bertz CT molecular complexity index is 571. The second kappa shape index (κ2) is 6.54. The summed E-state index contributed by atoms with van der Waals surface area (Å²) in [4.78, 5) is 12.2. The van der Waals surface area contributed by atoms with Crippen LogP contribution in [-0.4, -0.2) is 21.2 Å². The second-order valence-electron chi connectivity index (χ2n) is 5.22. The molecule has 2 aromatic rings. The van der Waals surface area contributed by atoms with Crippen molar-refractivity contribution in [3.8, 4) is 0 Å². The lowest BCUT2D eigenvalue weighted by Crippen LogP contribution is -2.50. The van der Waals surface area contributed by atoms with Crippen LogP contribution in [0.3, 0.4) is 0 Å². The first-order chi connectivity index (χ1) is 10.1. The van der Waals surface area contributed by atoms with Crippen LogP contribution in [0.1, 0.15) is 32.3 Å². The highest BCUT2D eigenvalue weighted by molar-refractivity contribution is 5.97. The van der Waals surface area contributed by atoms with E-state index < -0.39 is 5.54 Å². The van der Waals surface area contributed by atoms with Crippen LogP contribution >= 0.6 is 0 Å². The molecule has 0 saturated carbocycles. The molecule has 5 heteroatoms. The Kier molecular flexibility index (Phi) is 4.75. The zero-order valence-electron chi connectivity index (χ0n) is 12.5. The maximum absolute atomic E-state index is 12.2. The number of carbonyl (C=O) groups excluding carboxylic acids is 1. The van der Waals surface area contributed by atoms with Crippen molar-refractivity contribution < 1.29 is 4.79 Å². The number of benzene rings is 1. The van der Waals surface area contributed by atoms with Crippen molar-refractivity contribution in [2.24, 2.45) is 5.73 Å². The molecule has 0 unspecified atom stereocenters. The average molecular weight is 286 g/mol.